The van der Waals surface area contributed by atoms with Gasteiger partial charge in [-0.2, -0.15) is 0 Å². The summed E-state index contributed by atoms with van der Waals surface area (Å²) in [7, 11) is -1.30. The maximum Gasteiger partial charge on any atom is 0.267 e. The van der Waals surface area contributed by atoms with Gasteiger partial charge >= 0.3 is 0 Å². The third-order valence-corrected chi connectivity index (χ3v) is 4.35. The third-order valence-electron chi connectivity index (χ3n) is 2.81. The van der Waals surface area contributed by atoms with Gasteiger partial charge in [0.2, 0.25) is 0 Å². The lowest BCUT2D eigenvalue weighted by atomic mass is 10.0. The highest BCUT2D eigenvalue weighted by Gasteiger charge is 2.34. The Morgan fingerprint density at radius 2 is 2.00 bits per heavy atom. The lowest BCUT2D eigenvalue weighted by molar-refractivity contribution is 0.0878. The van der Waals surface area contributed by atoms with Gasteiger partial charge in [-0.05, 0) is 38.0 Å². The zero-order valence-corrected chi connectivity index (χ0v) is 9.85. The highest BCUT2D eigenvalue weighted by molar-refractivity contribution is 7.84. The highest BCUT2D eigenvalue weighted by atomic mass is 32.2. The fourth-order valence-electron chi connectivity index (χ4n) is 1.78. The van der Waals surface area contributed by atoms with Gasteiger partial charge in [0.05, 0.1) is 10.5 Å². The van der Waals surface area contributed by atoms with Gasteiger partial charge in [0.1, 0.15) is 0 Å². The molecule has 1 amide bonds. The van der Waals surface area contributed by atoms with E-state index in [-0.39, 0.29) is 5.91 Å². The molecule has 1 unspecified atom stereocenters. The predicted molar refractivity (Wildman–Crippen MR) is 59.0 cm³/mol. The van der Waals surface area contributed by atoms with Crippen LogP contribution < -0.4 is 0 Å². The van der Waals surface area contributed by atoms with Gasteiger partial charge in [0, 0.05) is 6.54 Å². The first-order valence-corrected chi connectivity index (χ1v) is 6.02. The van der Waals surface area contributed by atoms with Crippen LogP contribution in [0, 0.1) is 13.8 Å². The Kier molecular flexibility index (Phi) is 2.38. The number of nitrogens with zero attached hydrogens (tertiary/aromatic N) is 1. The number of carbonyl (C=O) groups is 1. The topological polar surface area (TPSA) is 37.4 Å². The van der Waals surface area contributed by atoms with Gasteiger partial charge in [0.25, 0.3) is 5.91 Å². The van der Waals surface area contributed by atoms with E-state index >= 15 is 0 Å². The molecule has 0 saturated heterocycles. The van der Waals surface area contributed by atoms with Crippen LogP contribution in [0.2, 0.25) is 0 Å². The van der Waals surface area contributed by atoms with Gasteiger partial charge < -0.3 is 0 Å². The van der Waals surface area contributed by atoms with Crippen molar-refractivity contribution in [2.45, 2.75) is 25.7 Å². The van der Waals surface area contributed by atoms with Crippen LogP contribution in [-0.2, 0) is 11.0 Å². The molecule has 0 radical (unpaired) electrons. The van der Waals surface area contributed by atoms with Crippen LogP contribution >= 0.6 is 0 Å². The van der Waals surface area contributed by atoms with Crippen molar-refractivity contribution in [2.24, 2.45) is 0 Å². The Hall–Kier alpha value is -1.16. The molecule has 2 rings (SSSR count). The zero-order valence-electron chi connectivity index (χ0n) is 9.03. The quantitative estimate of drug-likeness (QED) is 0.728. The van der Waals surface area contributed by atoms with E-state index in [1.54, 1.807) is 6.07 Å². The van der Waals surface area contributed by atoms with Crippen molar-refractivity contribution in [3.63, 3.8) is 0 Å². The van der Waals surface area contributed by atoms with Crippen molar-refractivity contribution >= 4 is 16.9 Å². The van der Waals surface area contributed by atoms with E-state index in [1.165, 1.54) is 4.31 Å². The first-order chi connectivity index (χ1) is 7.07. The monoisotopic (exact) mass is 223 g/mol. The summed E-state index contributed by atoms with van der Waals surface area (Å²) in [6, 6.07) is 3.71. The van der Waals surface area contributed by atoms with Gasteiger partial charge in [-0.15, -0.1) is 0 Å². The Labute approximate surface area is 91.7 Å². The highest BCUT2D eigenvalue weighted by Crippen LogP contribution is 2.30. The number of amides is 1. The largest absolute Gasteiger partial charge is 0.268 e. The molecule has 4 heteroatoms. The van der Waals surface area contributed by atoms with Crippen molar-refractivity contribution in [3.8, 4) is 0 Å². The maximum absolute atomic E-state index is 11.9. The number of hydrogen-bond donors (Lipinski definition) is 0. The third kappa shape index (κ3) is 1.32. The molecular weight excluding hydrogens is 210 g/mol. The number of rotatable bonds is 1. The molecule has 0 aromatic heterocycles. The number of aryl methyl sites for hydroxylation is 1. The molecule has 0 fully saturated rings. The molecular formula is C11H13NO2S. The summed E-state index contributed by atoms with van der Waals surface area (Å²) in [6.45, 7) is 6.19. The van der Waals surface area contributed by atoms with E-state index in [0.717, 1.165) is 11.1 Å². The molecule has 3 nitrogen and oxygen atoms in total. The van der Waals surface area contributed by atoms with Crippen molar-refractivity contribution in [3.05, 3.63) is 28.8 Å². The SMILES string of the molecule is CCN1C(=O)c2c(ccc(C)c2C)S1=O. The minimum Gasteiger partial charge on any atom is -0.268 e. The molecule has 0 saturated carbocycles. The van der Waals surface area contributed by atoms with Gasteiger partial charge in [-0.25, -0.2) is 4.21 Å². The summed E-state index contributed by atoms with van der Waals surface area (Å²) in [4.78, 5) is 12.6. The fourth-order valence-corrected chi connectivity index (χ4v) is 3.10. The first-order valence-electron chi connectivity index (χ1n) is 4.92. The van der Waals surface area contributed by atoms with Crippen LogP contribution in [0.1, 0.15) is 28.4 Å². The summed E-state index contributed by atoms with van der Waals surface area (Å²) < 4.78 is 13.3. The Balaban J connectivity index is 2.68. The molecule has 0 aliphatic carbocycles. The molecule has 1 heterocycles. The fraction of sp³-hybridized carbons (Fsp3) is 0.364. The van der Waals surface area contributed by atoms with Gasteiger partial charge in [0.15, 0.2) is 11.0 Å². The molecule has 1 aromatic rings. The van der Waals surface area contributed by atoms with E-state index in [4.69, 9.17) is 0 Å². The van der Waals surface area contributed by atoms with E-state index < -0.39 is 11.0 Å². The number of carbonyl (C=O) groups excluding carboxylic acids is 1. The summed E-state index contributed by atoms with van der Waals surface area (Å²) in [5.74, 6) is -0.105. The standard InChI is InChI=1S/C11H13NO2S/c1-4-12-11(13)10-8(3)7(2)5-6-9(10)15(12)14/h5-6H,4H2,1-3H3. The normalized spacial score (nSPS) is 19.5. The lowest BCUT2D eigenvalue weighted by Crippen LogP contribution is -2.25. The van der Waals surface area contributed by atoms with E-state index in [2.05, 4.69) is 0 Å². The van der Waals surface area contributed by atoms with Crippen LogP contribution in [0.25, 0.3) is 0 Å². The second-order valence-electron chi connectivity index (χ2n) is 3.63. The first kappa shape index (κ1) is 10.4. The molecule has 0 spiro atoms. The average molecular weight is 223 g/mol. The molecule has 0 bridgehead atoms. The molecule has 80 valence electrons. The van der Waals surface area contributed by atoms with Crippen LogP contribution in [0.5, 0.6) is 0 Å². The maximum atomic E-state index is 11.9. The summed E-state index contributed by atoms with van der Waals surface area (Å²) in [6.07, 6.45) is 0. The van der Waals surface area contributed by atoms with Crippen molar-refractivity contribution in [1.82, 2.24) is 4.31 Å². The minimum absolute atomic E-state index is 0.105. The zero-order chi connectivity index (χ0) is 11.2. The Bertz CT molecular complexity index is 468. The van der Waals surface area contributed by atoms with Crippen molar-refractivity contribution in [1.29, 1.82) is 0 Å². The smallest absolute Gasteiger partial charge is 0.267 e. The van der Waals surface area contributed by atoms with Crippen molar-refractivity contribution < 1.29 is 9.00 Å². The Morgan fingerprint density at radius 3 is 2.60 bits per heavy atom. The number of benzene rings is 1. The number of fused-ring (bicyclic) bond motifs is 1. The molecule has 0 N–H and O–H groups in total. The second-order valence-corrected chi connectivity index (χ2v) is 5.01. The molecule has 1 aliphatic rings. The number of hydrogen-bond acceptors (Lipinski definition) is 2. The van der Waals surface area contributed by atoms with Crippen LogP contribution in [-0.4, -0.2) is 21.0 Å². The second kappa shape index (κ2) is 3.45. The minimum atomic E-state index is -1.30. The van der Waals surface area contributed by atoms with Crippen LogP contribution in [0.3, 0.4) is 0 Å². The van der Waals surface area contributed by atoms with Crippen molar-refractivity contribution in [2.75, 3.05) is 6.54 Å². The molecule has 1 aliphatic heterocycles. The van der Waals surface area contributed by atoms with Gasteiger partial charge in [-0.1, -0.05) is 6.07 Å². The predicted octanol–water partition coefficient (Wildman–Crippen LogP) is 1.80. The van der Waals surface area contributed by atoms with Crippen LogP contribution in [0.4, 0.5) is 0 Å². The van der Waals surface area contributed by atoms with E-state index in [1.807, 2.05) is 26.8 Å². The molecule has 1 atom stereocenters. The van der Waals surface area contributed by atoms with Crippen LogP contribution in [0.15, 0.2) is 17.0 Å². The summed E-state index contributed by atoms with van der Waals surface area (Å²) >= 11 is 0. The molecule has 15 heavy (non-hydrogen) atoms. The Morgan fingerprint density at radius 1 is 1.33 bits per heavy atom. The molecule has 1 aromatic carbocycles. The summed E-state index contributed by atoms with van der Waals surface area (Å²) in [5.41, 5.74) is 2.65. The van der Waals surface area contributed by atoms with E-state index in [0.29, 0.717) is 17.0 Å². The lowest BCUT2D eigenvalue weighted by Gasteiger charge is -2.09. The van der Waals surface area contributed by atoms with Gasteiger partial charge in [-0.3, -0.25) is 9.10 Å². The summed E-state index contributed by atoms with van der Waals surface area (Å²) in [5, 5.41) is 0. The average Bonchev–Trinajstić information content (AvgIpc) is 2.45. The van der Waals surface area contributed by atoms with E-state index in [9.17, 15) is 9.00 Å².